The molecule has 4 aliphatic carbocycles. The van der Waals surface area contributed by atoms with Crippen molar-refractivity contribution in [3.8, 4) is 0 Å². The molecule has 4 fully saturated rings. The number of fused-ring (bicyclic) bond motifs is 2. The second-order valence-electron chi connectivity index (χ2n) is 11.1. The molecule has 5 rings (SSSR count). The molecule has 3 saturated carbocycles. The number of hydrogen-bond donors (Lipinski definition) is 2. The van der Waals surface area contributed by atoms with Crippen LogP contribution in [0.2, 0.25) is 0 Å². The van der Waals surface area contributed by atoms with Gasteiger partial charge in [0.15, 0.2) is 0 Å². The van der Waals surface area contributed by atoms with Gasteiger partial charge in [0.25, 0.3) is 0 Å². The summed E-state index contributed by atoms with van der Waals surface area (Å²) in [6.45, 7) is 12.9. The van der Waals surface area contributed by atoms with Crippen molar-refractivity contribution in [2.75, 3.05) is 0 Å². The first-order valence-corrected chi connectivity index (χ1v) is 11.3. The average Bonchev–Trinajstić information content (AvgIpc) is 3.05. The summed E-state index contributed by atoms with van der Waals surface area (Å²) < 4.78 is 11.7. The molecule has 2 bridgehead atoms. The summed E-state index contributed by atoms with van der Waals surface area (Å²) in [4.78, 5) is 35.9. The van der Waals surface area contributed by atoms with E-state index in [1.165, 1.54) is 13.8 Å². The Morgan fingerprint density at radius 3 is 2.41 bits per heavy atom. The Morgan fingerprint density at radius 2 is 1.78 bits per heavy atom. The molecule has 0 aromatic carbocycles. The number of rotatable bonds is 2. The molecule has 2 N–H and O–H groups in total. The summed E-state index contributed by atoms with van der Waals surface area (Å²) in [6, 6.07) is 0. The third-order valence-electron chi connectivity index (χ3n) is 9.05. The minimum absolute atomic E-state index is 0.329. The van der Waals surface area contributed by atoms with Crippen LogP contribution in [0.25, 0.3) is 0 Å². The highest BCUT2D eigenvalue weighted by molar-refractivity contribution is 5.67. The lowest BCUT2D eigenvalue weighted by molar-refractivity contribution is -0.405. The van der Waals surface area contributed by atoms with Gasteiger partial charge >= 0.3 is 11.9 Å². The van der Waals surface area contributed by atoms with Crippen LogP contribution in [0.3, 0.4) is 0 Å². The zero-order valence-corrected chi connectivity index (χ0v) is 19.2. The fraction of sp³-hybridized carbons (Fsp3) is 0.750. The van der Waals surface area contributed by atoms with Gasteiger partial charge < -0.3 is 19.7 Å². The van der Waals surface area contributed by atoms with E-state index < -0.39 is 58.9 Å². The molecule has 32 heavy (non-hydrogen) atoms. The maximum absolute atomic E-state index is 12.1. The Morgan fingerprint density at radius 1 is 1.12 bits per heavy atom. The summed E-state index contributed by atoms with van der Waals surface area (Å²) in [6.07, 6.45) is 1.49. The topological polar surface area (TPSA) is 112 Å². The second kappa shape index (κ2) is 6.44. The van der Waals surface area contributed by atoms with E-state index in [1.807, 2.05) is 13.0 Å². The van der Waals surface area contributed by atoms with Crippen molar-refractivity contribution in [2.24, 2.45) is 28.6 Å². The molecule has 8 heteroatoms. The van der Waals surface area contributed by atoms with E-state index in [-0.39, 0.29) is 11.3 Å². The maximum atomic E-state index is 12.1. The van der Waals surface area contributed by atoms with Crippen LogP contribution in [0.1, 0.15) is 53.9 Å². The highest BCUT2D eigenvalue weighted by atomic mass is 17.2. The lowest BCUT2D eigenvalue weighted by atomic mass is 9.41. The van der Waals surface area contributed by atoms with Gasteiger partial charge in [-0.25, -0.2) is 4.89 Å². The maximum Gasteiger partial charge on any atom is 0.303 e. The van der Waals surface area contributed by atoms with Crippen molar-refractivity contribution in [3.05, 3.63) is 23.8 Å². The van der Waals surface area contributed by atoms with Crippen LogP contribution in [-0.4, -0.2) is 51.9 Å². The van der Waals surface area contributed by atoms with Crippen molar-refractivity contribution < 1.29 is 39.1 Å². The summed E-state index contributed by atoms with van der Waals surface area (Å²) in [5.74, 6) is -4.25. The highest BCUT2D eigenvalue weighted by Crippen LogP contribution is 2.74. The van der Waals surface area contributed by atoms with Crippen LogP contribution in [0.4, 0.5) is 0 Å². The first kappa shape index (κ1) is 22.1. The van der Waals surface area contributed by atoms with Crippen LogP contribution in [0.15, 0.2) is 23.8 Å². The van der Waals surface area contributed by atoms with Crippen LogP contribution in [0, 0.1) is 28.6 Å². The van der Waals surface area contributed by atoms with Gasteiger partial charge in [0.2, 0.25) is 5.79 Å². The zero-order valence-electron chi connectivity index (χ0n) is 19.2. The Labute approximate surface area is 187 Å². The van der Waals surface area contributed by atoms with Crippen molar-refractivity contribution in [2.45, 2.75) is 83.6 Å². The normalized spacial score (nSPS) is 50.2. The molecule has 1 aliphatic heterocycles. The fourth-order valence-electron chi connectivity index (χ4n) is 7.98. The Bertz CT molecular complexity index is 938. The molecular weight excluding hydrogens is 416 g/mol. The van der Waals surface area contributed by atoms with Crippen LogP contribution in [0.5, 0.6) is 0 Å². The molecule has 0 aromatic rings. The van der Waals surface area contributed by atoms with E-state index in [2.05, 4.69) is 20.4 Å². The van der Waals surface area contributed by atoms with Gasteiger partial charge in [-0.1, -0.05) is 27.4 Å². The fourth-order valence-corrected chi connectivity index (χ4v) is 7.98. The number of hydrogen-bond acceptors (Lipinski definition) is 8. The van der Waals surface area contributed by atoms with Crippen molar-refractivity contribution in [3.63, 3.8) is 0 Å². The number of carbonyl (C=O) groups excluding carboxylic acids is 2. The SMILES string of the molecule is C=C1C2CC3=CC(OC(C)=O)C4C(C)(C)CCC(OC(C)=O)C4(C)[C@@]34OO[C@]1(O)C4C2O. The monoisotopic (exact) mass is 448 g/mol. The Balaban J connectivity index is 1.79. The lowest BCUT2D eigenvalue weighted by Crippen LogP contribution is -2.73. The Hall–Kier alpha value is -1.74. The Kier molecular flexibility index (Phi) is 4.44. The molecule has 8 nitrogen and oxygen atoms in total. The van der Waals surface area contributed by atoms with E-state index in [4.69, 9.17) is 19.2 Å². The number of aliphatic hydroxyl groups excluding tert-OH is 1. The third kappa shape index (κ3) is 2.36. The minimum atomic E-state index is -1.84. The standard InChI is InChI=1S/C24H32O8/c1-11-15-9-14-10-16(29-12(2)25)19-21(4,5)8-7-17(30-13(3)26)22(19,6)23(14)20(18(15)27)24(11,28)32-31-23/h10,15-20,27-28H,1,7-9H2,2-6H3/t15?,16?,17?,18?,19?,20?,22?,23-,24+/m1/s1. The van der Waals surface area contributed by atoms with E-state index in [9.17, 15) is 19.8 Å². The quantitative estimate of drug-likeness (QED) is 0.376. The molecule has 9 atom stereocenters. The summed E-state index contributed by atoms with van der Waals surface area (Å²) >= 11 is 0. The van der Waals surface area contributed by atoms with Crippen molar-refractivity contribution in [1.82, 2.24) is 0 Å². The lowest BCUT2D eigenvalue weighted by Gasteiger charge is -2.65. The largest absolute Gasteiger partial charge is 0.462 e. The first-order valence-electron chi connectivity index (χ1n) is 11.3. The minimum Gasteiger partial charge on any atom is -0.462 e. The summed E-state index contributed by atoms with van der Waals surface area (Å²) in [7, 11) is 0. The predicted molar refractivity (Wildman–Crippen MR) is 110 cm³/mol. The van der Waals surface area contributed by atoms with Crippen LogP contribution >= 0.6 is 0 Å². The number of ether oxygens (including phenoxy) is 2. The van der Waals surface area contributed by atoms with Gasteiger partial charge in [0, 0.05) is 31.1 Å². The smallest absolute Gasteiger partial charge is 0.303 e. The second-order valence-corrected chi connectivity index (χ2v) is 11.1. The number of carbonyl (C=O) groups is 2. The van der Waals surface area contributed by atoms with Crippen molar-refractivity contribution in [1.29, 1.82) is 0 Å². The molecule has 1 heterocycles. The number of aliphatic hydroxyl groups is 2. The van der Waals surface area contributed by atoms with E-state index in [1.54, 1.807) is 0 Å². The average molecular weight is 449 g/mol. The molecule has 1 saturated heterocycles. The molecule has 7 unspecified atom stereocenters. The van der Waals surface area contributed by atoms with E-state index in [0.29, 0.717) is 18.4 Å². The molecule has 0 amide bonds. The third-order valence-corrected chi connectivity index (χ3v) is 9.05. The molecule has 176 valence electrons. The van der Waals surface area contributed by atoms with Gasteiger partial charge in [-0.05, 0) is 41.9 Å². The summed E-state index contributed by atoms with van der Waals surface area (Å²) in [5.41, 5.74) is -1.39. The molecule has 0 aromatic heterocycles. The van der Waals surface area contributed by atoms with Gasteiger partial charge in [0.1, 0.15) is 17.8 Å². The molecule has 0 radical (unpaired) electrons. The number of esters is 2. The predicted octanol–water partition coefficient (Wildman–Crippen LogP) is 2.19. The zero-order chi connectivity index (χ0) is 23.4. The van der Waals surface area contributed by atoms with Gasteiger partial charge in [0.05, 0.1) is 12.0 Å². The highest BCUT2D eigenvalue weighted by Gasteiger charge is 2.83. The van der Waals surface area contributed by atoms with Crippen molar-refractivity contribution >= 4 is 11.9 Å². The van der Waals surface area contributed by atoms with Gasteiger partial charge in [-0.3, -0.25) is 9.59 Å². The molecule has 1 spiro atoms. The first-order chi connectivity index (χ1) is 14.8. The van der Waals surface area contributed by atoms with E-state index >= 15 is 0 Å². The van der Waals surface area contributed by atoms with Crippen LogP contribution in [-0.2, 0) is 28.8 Å². The van der Waals surface area contributed by atoms with Gasteiger partial charge in [-0.15, -0.1) is 0 Å². The van der Waals surface area contributed by atoms with Crippen LogP contribution < -0.4 is 0 Å². The molecule has 5 aliphatic rings. The molecular formula is C24H32O8. The van der Waals surface area contributed by atoms with Gasteiger partial charge in [-0.2, -0.15) is 4.89 Å². The summed E-state index contributed by atoms with van der Waals surface area (Å²) in [5, 5.41) is 22.7. The van der Waals surface area contributed by atoms with E-state index in [0.717, 1.165) is 12.0 Å².